The van der Waals surface area contributed by atoms with Crippen LogP contribution in [0.5, 0.6) is 0 Å². The number of Topliss-reactive ketones (excluding diaryl/α,β-unsaturated/α-hetero) is 1. The fourth-order valence-electron chi connectivity index (χ4n) is 2.60. The van der Waals surface area contributed by atoms with Gasteiger partial charge in [-0.1, -0.05) is 60.7 Å². The van der Waals surface area contributed by atoms with Crippen LogP contribution in [-0.4, -0.2) is 24.3 Å². The number of anilines is 1. The van der Waals surface area contributed by atoms with Gasteiger partial charge in [0.15, 0.2) is 12.4 Å². The first-order valence-electron chi connectivity index (χ1n) is 8.81. The Morgan fingerprint density at radius 3 is 1.96 bits per heavy atom. The van der Waals surface area contributed by atoms with Crippen LogP contribution in [0, 0.1) is 0 Å². The number of rotatable bonds is 7. The van der Waals surface area contributed by atoms with Crippen molar-refractivity contribution in [3.63, 3.8) is 0 Å². The first kappa shape index (κ1) is 19.0. The summed E-state index contributed by atoms with van der Waals surface area (Å²) in [4.78, 5) is 36.1. The van der Waals surface area contributed by atoms with E-state index in [0.717, 1.165) is 5.56 Å². The average Bonchev–Trinajstić information content (AvgIpc) is 2.73. The van der Waals surface area contributed by atoms with Crippen molar-refractivity contribution in [2.45, 2.75) is 6.42 Å². The largest absolute Gasteiger partial charge is 0.454 e. The lowest BCUT2D eigenvalue weighted by molar-refractivity contribution is -0.115. The van der Waals surface area contributed by atoms with Gasteiger partial charge in [-0.15, -0.1) is 0 Å². The quantitative estimate of drug-likeness (QED) is 0.503. The molecule has 0 saturated heterocycles. The number of hydrogen-bond donors (Lipinski definition) is 1. The molecule has 0 aliphatic carbocycles. The number of ether oxygens (including phenoxy) is 1. The summed E-state index contributed by atoms with van der Waals surface area (Å²) in [6, 6.07) is 24.4. The predicted octanol–water partition coefficient (Wildman–Crippen LogP) is 3.91. The van der Waals surface area contributed by atoms with Crippen molar-refractivity contribution in [1.29, 1.82) is 0 Å². The number of benzene rings is 3. The molecule has 0 bridgehead atoms. The van der Waals surface area contributed by atoms with E-state index in [-0.39, 0.29) is 24.7 Å². The van der Waals surface area contributed by atoms with E-state index in [1.54, 1.807) is 48.5 Å². The molecule has 3 aromatic carbocycles. The lowest BCUT2D eigenvalue weighted by Gasteiger charge is -2.07. The van der Waals surface area contributed by atoms with Crippen LogP contribution < -0.4 is 5.32 Å². The number of hydrogen-bond acceptors (Lipinski definition) is 4. The zero-order valence-electron chi connectivity index (χ0n) is 15.1. The van der Waals surface area contributed by atoms with E-state index in [4.69, 9.17) is 4.74 Å². The number of carbonyl (C=O) groups excluding carboxylic acids is 3. The van der Waals surface area contributed by atoms with E-state index in [0.29, 0.717) is 16.8 Å². The summed E-state index contributed by atoms with van der Waals surface area (Å²) in [6.07, 6.45) is 0.270. The Morgan fingerprint density at radius 2 is 1.32 bits per heavy atom. The Hall–Kier alpha value is -3.73. The summed E-state index contributed by atoms with van der Waals surface area (Å²) in [5.74, 6) is -1.000. The molecule has 1 amide bonds. The molecule has 0 aromatic heterocycles. The smallest absolute Gasteiger partial charge is 0.338 e. The molecule has 0 radical (unpaired) electrons. The van der Waals surface area contributed by atoms with Gasteiger partial charge in [0.05, 0.1) is 12.0 Å². The Kier molecular flexibility index (Phi) is 6.31. The lowest BCUT2D eigenvalue weighted by atomic mass is 10.1. The second kappa shape index (κ2) is 9.28. The summed E-state index contributed by atoms with van der Waals surface area (Å²) in [7, 11) is 0. The zero-order chi connectivity index (χ0) is 19.8. The van der Waals surface area contributed by atoms with E-state index < -0.39 is 5.97 Å². The van der Waals surface area contributed by atoms with Gasteiger partial charge in [-0.3, -0.25) is 9.59 Å². The van der Waals surface area contributed by atoms with Crippen LogP contribution in [0.15, 0.2) is 84.9 Å². The van der Waals surface area contributed by atoms with Crippen LogP contribution >= 0.6 is 0 Å². The van der Waals surface area contributed by atoms with Gasteiger partial charge in [0.1, 0.15) is 0 Å². The van der Waals surface area contributed by atoms with Crippen molar-refractivity contribution in [2.24, 2.45) is 0 Å². The Bertz CT molecular complexity index is 951. The molecule has 5 heteroatoms. The molecule has 140 valence electrons. The number of ketones is 1. The highest BCUT2D eigenvalue weighted by Gasteiger charge is 2.12. The summed E-state index contributed by atoms with van der Waals surface area (Å²) in [6.45, 7) is -0.321. The van der Waals surface area contributed by atoms with Crippen molar-refractivity contribution < 1.29 is 19.1 Å². The Morgan fingerprint density at radius 1 is 0.714 bits per heavy atom. The predicted molar refractivity (Wildman–Crippen MR) is 106 cm³/mol. The van der Waals surface area contributed by atoms with Crippen molar-refractivity contribution in [3.8, 4) is 0 Å². The van der Waals surface area contributed by atoms with Gasteiger partial charge in [0.2, 0.25) is 5.91 Å². The van der Waals surface area contributed by atoms with Crippen LogP contribution in [0.1, 0.15) is 26.3 Å². The third kappa shape index (κ3) is 5.38. The third-order valence-corrected chi connectivity index (χ3v) is 4.04. The molecule has 0 heterocycles. The topological polar surface area (TPSA) is 72.5 Å². The molecule has 28 heavy (non-hydrogen) atoms. The molecular formula is C23H19NO4. The summed E-state index contributed by atoms with van der Waals surface area (Å²) < 4.78 is 5.07. The van der Waals surface area contributed by atoms with Crippen molar-refractivity contribution in [2.75, 3.05) is 11.9 Å². The highest BCUT2D eigenvalue weighted by molar-refractivity contribution is 5.99. The van der Waals surface area contributed by atoms with Crippen molar-refractivity contribution in [3.05, 3.63) is 102 Å². The van der Waals surface area contributed by atoms with Gasteiger partial charge < -0.3 is 10.1 Å². The van der Waals surface area contributed by atoms with Gasteiger partial charge in [0.25, 0.3) is 0 Å². The number of carbonyl (C=O) groups is 3. The Balaban J connectivity index is 1.51. The summed E-state index contributed by atoms with van der Waals surface area (Å²) in [5.41, 5.74) is 2.30. The molecule has 0 fully saturated rings. The second-order valence-electron chi connectivity index (χ2n) is 6.15. The summed E-state index contributed by atoms with van der Waals surface area (Å²) >= 11 is 0. The highest BCUT2D eigenvalue weighted by Crippen LogP contribution is 2.12. The van der Waals surface area contributed by atoms with E-state index in [1.807, 2.05) is 36.4 Å². The molecule has 0 aliphatic rings. The average molecular weight is 373 g/mol. The molecule has 0 unspecified atom stereocenters. The maximum atomic E-state index is 12.1. The fourth-order valence-corrected chi connectivity index (χ4v) is 2.60. The maximum Gasteiger partial charge on any atom is 0.338 e. The molecule has 1 N–H and O–H groups in total. The highest BCUT2D eigenvalue weighted by atomic mass is 16.5. The van der Waals surface area contributed by atoms with Gasteiger partial charge in [-0.05, 0) is 29.8 Å². The SMILES string of the molecule is O=C(Cc1ccccc1)Nc1ccc(C(=O)OCC(=O)c2ccccc2)cc1. The van der Waals surface area contributed by atoms with Gasteiger partial charge >= 0.3 is 5.97 Å². The van der Waals surface area contributed by atoms with Crippen molar-refractivity contribution >= 4 is 23.3 Å². The number of nitrogens with one attached hydrogen (secondary N) is 1. The second-order valence-corrected chi connectivity index (χ2v) is 6.15. The van der Waals surface area contributed by atoms with Crippen LogP contribution in [0.25, 0.3) is 0 Å². The molecule has 0 saturated carbocycles. The molecule has 3 aromatic rings. The summed E-state index contributed by atoms with van der Waals surface area (Å²) in [5, 5.41) is 2.78. The van der Waals surface area contributed by atoms with Crippen LogP contribution in [0.3, 0.4) is 0 Å². The molecule has 0 atom stereocenters. The van der Waals surface area contributed by atoms with Crippen LogP contribution in [0.2, 0.25) is 0 Å². The third-order valence-electron chi connectivity index (χ3n) is 4.04. The lowest BCUT2D eigenvalue weighted by Crippen LogP contribution is -2.15. The van der Waals surface area contributed by atoms with Gasteiger partial charge in [-0.25, -0.2) is 4.79 Å². The van der Waals surface area contributed by atoms with E-state index in [2.05, 4.69) is 5.32 Å². The minimum absolute atomic E-state index is 0.144. The Labute approximate surface area is 163 Å². The van der Waals surface area contributed by atoms with Gasteiger partial charge in [-0.2, -0.15) is 0 Å². The molecule has 3 rings (SSSR count). The van der Waals surface area contributed by atoms with Gasteiger partial charge in [0, 0.05) is 11.3 Å². The van der Waals surface area contributed by atoms with E-state index in [1.165, 1.54) is 0 Å². The zero-order valence-corrected chi connectivity index (χ0v) is 15.1. The first-order chi connectivity index (χ1) is 13.6. The molecule has 5 nitrogen and oxygen atoms in total. The first-order valence-corrected chi connectivity index (χ1v) is 8.81. The fraction of sp³-hybridized carbons (Fsp3) is 0.0870. The normalized spacial score (nSPS) is 10.1. The van der Waals surface area contributed by atoms with Crippen LogP contribution in [-0.2, 0) is 16.0 Å². The minimum Gasteiger partial charge on any atom is -0.454 e. The van der Waals surface area contributed by atoms with E-state index in [9.17, 15) is 14.4 Å². The number of esters is 1. The maximum absolute atomic E-state index is 12.1. The standard InChI is InChI=1S/C23H19NO4/c25-21(18-9-5-2-6-10-18)16-28-23(27)19-11-13-20(14-12-19)24-22(26)15-17-7-3-1-4-8-17/h1-14H,15-16H2,(H,24,26). The monoisotopic (exact) mass is 373 g/mol. The molecular weight excluding hydrogens is 354 g/mol. The molecule has 0 spiro atoms. The molecule has 0 aliphatic heterocycles. The number of amides is 1. The van der Waals surface area contributed by atoms with Crippen molar-refractivity contribution in [1.82, 2.24) is 0 Å². The van der Waals surface area contributed by atoms with Crippen LogP contribution in [0.4, 0.5) is 5.69 Å². The van der Waals surface area contributed by atoms with E-state index >= 15 is 0 Å². The minimum atomic E-state index is -0.591.